The largest absolute Gasteiger partial charge is 0.479 e. The zero-order valence-electron chi connectivity index (χ0n) is 8.76. The molecule has 0 aliphatic heterocycles. The third-order valence-electron chi connectivity index (χ3n) is 2.19. The van der Waals surface area contributed by atoms with Gasteiger partial charge in [0.25, 0.3) is 0 Å². The smallest absolute Gasteiger partial charge is 0.337 e. The normalized spacial score (nSPS) is 12.2. The molecule has 92 valence electrons. The van der Waals surface area contributed by atoms with E-state index in [1.165, 1.54) is 6.07 Å². The fourth-order valence-corrected chi connectivity index (χ4v) is 1.73. The van der Waals surface area contributed by atoms with E-state index in [1.807, 2.05) is 0 Å². The number of hydrogen-bond donors (Lipinski definition) is 3. The number of halogens is 1. The van der Waals surface area contributed by atoms with Gasteiger partial charge < -0.3 is 10.2 Å². The molecule has 1 aromatic carbocycles. The first kappa shape index (κ1) is 14.0. The molecule has 0 fully saturated rings. The predicted molar refractivity (Wildman–Crippen MR) is 65.7 cm³/mol. The minimum Gasteiger partial charge on any atom is -0.479 e. The average Bonchev–Trinajstić information content (AvgIpc) is 2.28. The van der Waals surface area contributed by atoms with Crippen LogP contribution < -0.4 is 0 Å². The van der Waals surface area contributed by atoms with Gasteiger partial charge in [-0.25, -0.2) is 4.79 Å². The number of aliphatic hydroxyl groups excluding tert-OH is 1. The van der Waals surface area contributed by atoms with Crippen LogP contribution in [0, 0.1) is 0 Å². The summed E-state index contributed by atoms with van der Waals surface area (Å²) in [5, 5.41) is 18.2. The standard InChI is InChI=1S/C11H11ClO4S/c12-5-7(13)3-6-4-8(17)1-2-9(6)10(14)11(15)16/h1-2,4,10,14,17H,3,5H2,(H,15,16). The number of aliphatic carboxylic acids is 1. The van der Waals surface area contributed by atoms with E-state index in [4.69, 9.17) is 16.7 Å². The maximum absolute atomic E-state index is 11.3. The number of thiol groups is 1. The molecule has 4 nitrogen and oxygen atoms in total. The van der Waals surface area contributed by atoms with Gasteiger partial charge in [0.05, 0.1) is 5.88 Å². The van der Waals surface area contributed by atoms with Crippen molar-refractivity contribution in [2.45, 2.75) is 17.4 Å². The topological polar surface area (TPSA) is 74.6 Å². The first-order valence-electron chi connectivity index (χ1n) is 4.76. The van der Waals surface area contributed by atoms with Crippen molar-refractivity contribution in [2.24, 2.45) is 0 Å². The number of hydrogen-bond acceptors (Lipinski definition) is 4. The lowest BCUT2D eigenvalue weighted by Crippen LogP contribution is -2.15. The Morgan fingerprint density at radius 3 is 2.59 bits per heavy atom. The second-order valence-corrected chi connectivity index (χ2v) is 4.26. The zero-order chi connectivity index (χ0) is 13.0. The van der Waals surface area contributed by atoms with Crippen molar-refractivity contribution in [1.82, 2.24) is 0 Å². The number of carbonyl (C=O) groups excluding carboxylic acids is 1. The third kappa shape index (κ3) is 3.73. The molecule has 0 radical (unpaired) electrons. The minimum atomic E-state index is -1.65. The van der Waals surface area contributed by atoms with Gasteiger partial charge in [-0.05, 0) is 23.3 Å². The first-order valence-corrected chi connectivity index (χ1v) is 5.74. The van der Waals surface area contributed by atoms with E-state index in [1.54, 1.807) is 12.1 Å². The van der Waals surface area contributed by atoms with Crippen LogP contribution >= 0.6 is 24.2 Å². The molecule has 0 saturated heterocycles. The summed E-state index contributed by atoms with van der Waals surface area (Å²) in [6.45, 7) is 0. The first-order chi connectivity index (χ1) is 7.95. The van der Waals surface area contributed by atoms with E-state index in [2.05, 4.69) is 12.6 Å². The SMILES string of the molecule is O=C(CCl)Cc1cc(S)ccc1C(O)C(=O)O. The van der Waals surface area contributed by atoms with Crippen LogP contribution in [0.25, 0.3) is 0 Å². The molecule has 0 heterocycles. The monoisotopic (exact) mass is 274 g/mol. The summed E-state index contributed by atoms with van der Waals surface area (Å²) >= 11 is 9.49. The zero-order valence-corrected chi connectivity index (χ0v) is 10.4. The lowest BCUT2D eigenvalue weighted by Gasteiger charge is -2.12. The summed E-state index contributed by atoms with van der Waals surface area (Å²) in [5.41, 5.74) is 0.617. The molecule has 1 rings (SSSR count). The van der Waals surface area contributed by atoms with Gasteiger partial charge in [0, 0.05) is 11.3 Å². The average molecular weight is 275 g/mol. The summed E-state index contributed by atoms with van der Waals surface area (Å²) < 4.78 is 0. The third-order valence-corrected chi connectivity index (χ3v) is 2.77. The van der Waals surface area contributed by atoms with Crippen LogP contribution in [0.1, 0.15) is 17.2 Å². The molecule has 0 aliphatic rings. The quantitative estimate of drug-likeness (QED) is 0.561. The van der Waals surface area contributed by atoms with Crippen LogP contribution in [-0.4, -0.2) is 27.8 Å². The van der Waals surface area contributed by atoms with Gasteiger partial charge in [-0.1, -0.05) is 6.07 Å². The van der Waals surface area contributed by atoms with Crippen LogP contribution in [0.4, 0.5) is 0 Å². The van der Waals surface area contributed by atoms with Crippen LogP contribution in [0.15, 0.2) is 23.1 Å². The van der Waals surface area contributed by atoms with Crippen molar-refractivity contribution in [2.75, 3.05) is 5.88 Å². The van der Waals surface area contributed by atoms with Crippen LogP contribution in [0.2, 0.25) is 0 Å². The molecular weight excluding hydrogens is 264 g/mol. The van der Waals surface area contributed by atoms with E-state index >= 15 is 0 Å². The van der Waals surface area contributed by atoms with E-state index in [-0.39, 0.29) is 23.6 Å². The highest BCUT2D eigenvalue weighted by atomic mass is 35.5. The number of aliphatic hydroxyl groups is 1. The van der Waals surface area contributed by atoms with Crippen LogP contribution in [0.5, 0.6) is 0 Å². The van der Waals surface area contributed by atoms with Gasteiger partial charge in [-0.15, -0.1) is 24.2 Å². The molecule has 6 heteroatoms. The summed E-state index contributed by atoms with van der Waals surface area (Å²) in [6.07, 6.45) is -1.67. The molecule has 0 aromatic heterocycles. The Balaban J connectivity index is 3.11. The molecule has 0 saturated carbocycles. The molecule has 0 bridgehead atoms. The van der Waals surface area contributed by atoms with Gasteiger partial charge in [0.1, 0.15) is 0 Å². The molecule has 0 aliphatic carbocycles. The minimum absolute atomic E-state index is 0.0163. The van der Waals surface area contributed by atoms with Crippen molar-refractivity contribution in [3.05, 3.63) is 29.3 Å². The van der Waals surface area contributed by atoms with Crippen LogP contribution in [-0.2, 0) is 16.0 Å². The van der Waals surface area contributed by atoms with Gasteiger partial charge in [0.2, 0.25) is 0 Å². The predicted octanol–water partition coefficient (Wildman–Crippen LogP) is 1.44. The Morgan fingerprint density at radius 2 is 2.06 bits per heavy atom. The van der Waals surface area contributed by atoms with Crippen molar-refractivity contribution >= 4 is 36.0 Å². The highest BCUT2D eigenvalue weighted by Crippen LogP contribution is 2.22. The molecule has 2 N–H and O–H groups in total. The maximum Gasteiger partial charge on any atom is 0.337 e. The van der Waals surface area contributed by atoms with Gasteiger partial charge in [-0.3, -0.25) is 4.79 Å². The number of benzene rings is 1. The Bertz CT molecular complexity index is 447. The molecule has 0 spiro atoms. The van der Waals surface area contributed by atoms with E-state index in [0.717, 1.165) is 0 Å². The van der Waals surface area contributed by atoms with Crippen molar-refractivity contribution in [3.8, 4) is 0 Å². The molecule has 1 aromatic rings. The van der Waals surface area contributed by atoms with Gasteiger partial charge in [-0.2, -0.15) is 0 Å². The number of rotatable bonds is 5. The van der Waals surface area contributed by atoms with E-state index in [9.17, 15) is 14.7 Å². The fraction of sp³-hybridized carbons (Fsp3) is 0.273. The molecular formula is C11H11ClO4S. The number of carboxylic acid groups (broad SMARTS) is 1. The summed E-state index contributed by atoms with van der Waals surface area (Å²) in [5.74, 6) is -1.76. The van der Waals surface area contributed by atoms with Crippen molar-refractivity contribution in [3.63, 3.8) is 0 Å². The maximum atomic E-state index is 11.3. The number of Topliss-reactive ketones (excluding diaryl/α,β-unsaturated/α-hetero) is 1. The van der Waals surface area contributed by atoms with Crippen molar-refractivity contribution < 1.29 is 19.8 Å². The Morgan fingerprint density at radius 1 is 1.41 bits per heavy atom. The van der Waals surface area contributed by atoms with Crippen molar-refractivity contribution in [1.29, 1.82) is 0 Å². The fourth-order valence-electron chi connectivity index (χ4n) is 1.40. The molecule has 1 atom stereocenters. The number of carboxylic acids is 1. The highest BCUT2D eigenvalue weighted by molar-refractivity contribution is 7.80. The molecule has 1 unspecified atom stereocenters. The summed E-state index contributed by atoms with van der Waals surface area (Å²) in [4.78, 5) is 22.6. The highest BCUT2D eigenvalue weighted by Gasteiger charge is 2.20. The van der Waals surface area contributed by atoms with Gasteiger partial charge in [0.15, 0.2) is 11.9 Å². The van der Waals surface area contributed by atoms with Gasteiger partial charge >= 0.3 is 5.97 Å². The Kier molecular flexibility index (Phi) is 4.99. The summed E-state index contributed by atoms with van der Waals surface area (Å²) in [6, 6.07) is 4.55. The molecule has 0 amide bonds. The van der Waals surface area contributed by atoms with E-state index in [0.29, 0.717) is 10.5 Å². The van der Waals surface area contributed by atoms with E-state index < -0.39 is 12.1 Å². The lowest BCUT2D eigenvalue weighted by molar-refractivity contribution is -0.147. The Hall–Kier alpha value is -1.04. The molecule has 17 heavy (non-hydrogen) atoms. The number of ketones is 1. The second kappa shape index (κ2) is 6.05. The number of alkyl halides is 1. The number of carbonyl (C=O) groups is 2. The summed E-state index contributed by atoms with van der Waals surface area (Å²) in [7, 11) is 0. The Labute approximate surface area is 109 Å². The second-order valence-electron chi connectivity index (χ2n) is 3.47. The van der Waals surface area contributed by atoms with Crippen LogP contribution in [0.3, 0.4) is 0 Å². The lowest BCUT2D eigenvalue weighted by atomic mass is 9.98.